The van der Waals surface area contributed by atoms with Crippen molar-refractivity contribution in [3.8, 4) is 11.5 Å². The number of ether oxygens (including phenoxy) is 1. The van der Waals surface area contributed by atoms with Crippen LogP contribution in [0.4, 0.5) is 5.69 Å². The summed E-state index contributed by atoms with van der Waals surface area (Å²) in [5.41, 5.74) is 5.61. The normalized spacial score (nSPS) is 13.9. The van der Waals surface area contributed by atoms with Crippen molar-refractivity contribution in [1.82, 2.24) is 5.43 Å². The molecule has 0 spiro atoms. The summed E-state index contributed by atoms with van der Waals surface area (Å²) in [5, 5.41) is 16.6. The van der Waals surface area contributed by atoms with E-state index < -0.39 is 0 Å². The van der Waals surface area contributed by atoms with Gasteiger partial charge in [-0.25, -0.2) is 5.43 Å². The number of hydrazone groups is 1. The van der Waals surface area contributed by atoms with Crippen LogP contribution in [-0.2, 0) is 6.42 Å². The Labute approximate surface area is 191 Å². The van der Waals surface area contributed by atoms with E-state index in [0.717, 1.165) is 12.0 Å². The number of anilines is 1. The van der Waals surface area contributed by atoms with Crippen LogP contribution in [0.15, 0.2) is 58.0 Å². The fourth-order valence-electron chi connectivity index (χ4n) is 3.82. The third-order valence-electron chi connectivity index (χ3n) is 5.39. The van der Waals surface area contributed by atoms with Gasteiger partial charge >= 0.3 is 0 Å². The molecule has 4 rings (SSSR count). The minimum Gasteiger partial charge on any atom is -0.508 e. The smallest absolute Gasteiger partial charge is 0.291 e. The highest BCUT2D eigenvalue weighted by molar-refractivity contribution is 6.10. The number of phenols is 1. The van der Waals surface area contributed by atoms with Gasteiger partial charge in [0.1, 0.15) is 17.3 Å². The van der Waals surface area contributed by atoms with Gasteiger partial charge < -0.3 is 19.6 Å². The maximum Gasteiger partial charge on any atom is 0.291 e. The van der Waals surface area contributed by atoms with Crippen LogP contribution in [0.25, 0.3) is 0 Å². The number of amides is 2. The molecule has 0 bridgehead atoms. The Kier molecular flexibility index (Phi) is 6.44. The third kappa shape index (κ3) is 4.74. The Morgan fingerprint density at radius 1 is 1.09 bits per heavy atom. The zero-order valence-corrected chi connectivity index (χ0v) is 18.5. The second-order valence-corrected chi connectivity index (χ2v) is 7.64. The second-order valence-electron chi connectivity index (χ2n) is 7.64. The van der Waals surface area contributed by atoms with Gasteiger partial charge in [-0.1, -0.05) is 12.1 Å². The lowest BCUT2D eigenvalue weighted by Crippen LogP contribution is -2.22. The minimum absolute atomic E-state index is 0.0819. The number of aryl methyl sites for hydroxylation is 1. The average molecular weight is 447 g/mol. The van der Waals surface area contributed by atoms with Gasteiger partial charge in [-0.15, -0.1) is 0 Å². The predicted octanol–water partition coefficient (Wildman–Crippen LogP) is 4.42. The van der Waals surface area contributed by atoms with Crippen LogP contribution in [0.3, 0.4) is 0 Å². The van der Waals surface area contributed by atoms with Gasteiger partial charge in [-0.3, -0.25) is 9.59 Å². The van der Waals surface area contributed by atoms with Crippen molar-refractivity contribution in [3.63, 3.8) is 0 Å². The number of carbonyl (C=O) groups is 2. The molecular weight excluding hydrogens is 422 g/mol. The van der Waals surface area contributed by atoms with Gasteiger partial charge in [0.15, 0.2) is 5.76 Å². The molecule has 0 radical (unpaired) electrons. The molecule has 3 N–H and O–H groups in total. The summed E-state index contributed by atoms with van der Waals surface area (Å²) >= 11 is 0. The Hall–Kier alpha value is -4.07. The third-order valence-corrected chi connectivity index (χ3v) is 5.39. The van der Waals surface area contributed by atoms with Crippen molar-refractivity contribution in [1.29, 1.82) is 0 Å². The Balaban J connectivity index is 1.56. The zero-order valence-electron chi connectivity index (χ0n) is 18.5. The maximum atomic E-state index is 13.0. The number of rotatable bonds is 6. The van der Waals surface area contributed by atoms with Crippen molar-refractivity contribution in [2.75, 3.05) is 11.9 Å². The van der Waals surface area contributed by atoms with E-state index in [9.17, 15) is 14.7 Å². The van der Waals surface area contributed by atoms with Gasteiger partial charge in [0.25, 0.3) is 11.8 Å². The monoisotopic (exact) mass is 447 g/mol. The van der Waals surface area contributed by atoms with Crippen molar-refractivity contribution >= 4 is 23.2 Å². The van der Waals surface area contributed by atoms with Crippen molar-refractivity contribution < 1.29 is 23.8 Å². The van der Waals surface area contributed by atoms with Crippen molar-refractivity contribution in [3.05, 3.63) is 76.7 Å². The molecule has 170 valence electrons. The number of nitrogens with one attached hydrogen (secondary N) is 2. The number of hydrogen-bond donors (Lipinski definition) is 3. The molecule has 1 heterocycles. The van der Waals surface area contributed by atoms with Crippen molar-refractivity contribution in [2.24, 2.45) is 5.10 Å². The van der Waals surface area contributed by atoms with Crippen LogP contribution in [0.2, 0.25) is 0 Å². The first-order valence-electron chi connectivity index (χ1n) is 10.8. The van der Waals surface area contributed by atoms with Crippen LogP contribution in [0, 0.1) is 6.92 Å². The standard InChI is InChI=1S/C25H25N3O5/c1-3-32-20-9-5-4-7-18(20)26-25(31)23-15(2)22-19(8-6-10-21(22)33-23)27-28-24(30)16-11-13-17(29)14-12-16/h4-5,7,9,11-14,29H,3,6,8,10H2,1-2H3,(H,26,31)(H,28,30)/b27-19+. The Bertz CT molecular complexity index is 1210. The summed E-state index contributed by atoms with van der Waals surface area (Å²) < 4.78 is 11.5. The van der Waals surface area contributed by atoms with Gasteiger partial charge in [0, 0.05) is 23.1 Å². The summed E-state index contributed by atoms with van der Waals surface area (Å²) in [6.45, 7) is 4.18. The SMILES string of the molecule is CCOc1ccccc1NC(=O)c1oc2c(c1C)/C(=N/NC(=O)c1ccc(O)cc1)CCC2. The summed E-state index contributed by atoms with van der Waals surface area (Å²) in [6.07, 6.45) is 2.13. The highest BCUT2D eigenvalue weighted by Crippen LogP contribution is 2.31. The van der Waals surface area contributed by atoms with Gasteiger partial charge in [-0.2, -0.15) is 5.10 Å². The van der Waals surface area contributed by atoms with Crippen LogP contribution >= 0.6 is 0 Å². The molecule has 2 aromatic carbocycles. The molecule has 3 aromatic rings. The first kappa shape index (κ1) is 22.1. The highest BCUT2D eigenvalue weighted by Gasteiger charge is 2.28. The lowest BCUT2D eigenvalue weighted by atomic mass is 9.93. The average Bonchev–Trinajstić information content (AvgIpc) is 3.16. The van der Waals surface area contributed by atoms with Crippen molar-refractivity contribution in [2.45, 2.75) is 33.1 Å². The summed E-state index contributed by atoms with van der Waals surface area (Å²) in [6, 6.07) is 13.1. The van der Waals surface area contributed by atoms with Crippen LogP contribution in [0.5, 0.6) is 11.5 Å². The number of nitrogens with zero attached hydrogens (tertiary/aromatic N) is 1. The second kappa shape index (κ2) is 9.60. The number of benzene rings is 2. The summed E-state index contributed by atoms with van der Waals surface area (Å²) in [4.78, 5) is 25.4. The molecule has 8 heteroatoms. The van der Waals surface area contributed by atoms with E-state index in [4.69, 9.17) is 9.15 Å². The predicted molar refractivity (Wildman–Crippen MR) is 124 cm³/mol. The number of hydrogen-bond acceptors (Lipinski definition) is 6. The zero-order chi connectivity index (χ0) is 23.4. The molecule has 1 aliphatic carbocycles. The molecule has 0 saturated carbocycles. The van der Waals surface area contributed by atoms with E-state index >= 15 is 0 Å². The first-order chi connectivity index (χ1) is 16.0. The molecule has 0 fully saturated rings. The molecule has 0 aliphatic heterocycles. The first-order valence-corrected chi connectivity index (χ1v) is 10.8. The molecule has 1 aromatic heterocycles. The maximum absolute atomic E-state index is 13.0. The molecule has 8 nitrogen and oxygen atoms in total. The van der Waals surface area contributed by atoms with E-state index in [1.54, 1.807) is 12.1 Å². The lowest BCUT2D eigenvalue weighted by Gasteiger charge is -2.13. The number of furan rings is 1. The summed E-state index contributed by atoms with van der Waals surface area (Å²) in [5.74, 6) is 0.799. The molecule has 0 atom stereocenters. The molecule has 2 amide bonds. The van der Waals surface area contributed by atoms with Gasteiger partial charge in [0.2, 0.25) is 0 Å². The van der Waals surface area contributed by atoms with Gasteiger partial charge in [0.05, 0.1) is 18.0 Å². The Morgan fingerprint density at radius 3 is 2.61 bits per heavy atom. The Morgan fingerprint density at radius 2 is 1.85 bits per heavy atom. The topological polar surface area (TPSA) is 113 Å². The van der Waals surface area contributed by atoms with E-state index in [2.05, 4.69) is 15.8 Å². The summed E-state index contributed by atoms with van der Waals surface area (Å²) in [7, 11) is 0. The van der Waals surface area contributed by atoms with Crippen LogP contribution in [0.1, 0.15) is 57.6 Å². The minimum atomic E-state index is -0.388. The molecule has 0 saturated heterocycles. The van der Waals surface area contributed by atoms with E-state index in [0.29, 0.717) is 53.5 Å². The fourth-order valence-corrected chi connectivity index (χ4v) is 3.82. The number of carbonyl (C=O) groups excluding carboxylic acids is 2. The molecular formula is C25H25N3O5. The number of phenolic OH excluding ortho intramolecular Hbond substituents is 1. The quantitative estimate of drug-likeness (QED) is 0.484. The molecule has 33 heavy (non-hydrogen) atoms. The molecule has 0 unspecified atom stereocenters. The van der Waals surface area contributed by atoms with E-state index in [1.807, 2.05) is 26.0 Å². The van der Waals surface area contributed by atoms with Gasteiger partial charge in [-0.05, 0) is 63.1 Å². The van der Waals surface area contributed by atoms with E-state index in [-0.39, 0.29) is 23.3 Å². The number of fused-ring (bicyclic) bond motifs is 1. The number of aromatic hydroxyl groups is 1. The van der Waals surface area contributed by atoms with Crippen LogP contribution in [-0.4, -0.2) is 29.2 Å². The lowest BCUT2D eigenvalue weighted by molar-refractivity contribution is 0.0953. The van der Waals surface area contributed by atoms with E-state index in [1.165, 1.54) is 24.3 Å². The fraction of sp³-hybridized carbons (Fsp3) is 0.240. The molecule has 1 aliphatic rings. The van der Waals surface area contributed by atoms with Crippen LogP contribution < -0.4 is 15.5 Å². The number of para-hydroxylation sites is 2. The highest BCUT2D eigenvalue weighted by atomic mass is 16.5. The largest absolute Gasteiger partial charge is 0.508 e.